The monoisotopic (exact) mass is 191 g/mol. The number of fused-ring (bicyclic) bond motifs is 1. The van der Waals surface area contributed by atoms with E-state index in [1.165, 1.54) is 5.56 Å². The molecule has 2 rings (SSSR count). The normalized spacial score (nSPS) is 11.0. The molecule has 4 heteroatoms. The van der Waals surface area contributed by atoms with Gasteiger partial charge in [0.2, 0.25) is 0 Å². The van der Waals surface area contributed by atoms with Crippen molar-refractivity contribution in [3.05, 3.63) is 30.1 Å². The molecular weight excluding hydrogens is 178 g/mol. The molecule has 1 heterocycles. The van der Waals surface area contributed by atoms with Crippen LogP contribution in [-0.4, -0.2) is 16.2 Å². The van der Waals surface area contributed by atoms with Crippen molar-refractivity contribution in [1.29, 1.82) is 0 Å². The minimum Gasteiger partial charge on any atom is -0.334 e. The average Bonchev–Trinajstić information content (AvgIpc) is 2.57. The SMILES string of the molecule is Cn1cnc2cc(CCON)ccc21. The molecule has 0 atom stereocenters. The molecule has 0 aliphatic rings. The molecule has 0 fully saturated rings. The van der Waals surface area contributed by atoms with Crippen molar-refractivity contribution < 1.29 is 4.84 Å². The molecular formula is C10H13N3O. The van der Waals surface area contributed by atoms with Crippen molar-refractivity contribution in [2.24, 2.45) is 12.9 Å². The average molecular weight is 191 g/mol. The van der Waals surface area contributed by atoms with Crippen LogP contribution < -0.4 is 5.90 Å². The summed E-state index contributed by atoms with van der Waals surface area (Å²) in [7, 11) is 1.98. The molecule has 1 aromatic carbocycles. The maximum absolute atomic E-state index is 4.97. The van der Waals surface area contributed by atoms with Gasteiger partial charge in [-0.15, -0.1) is 0 Å². The Morgan fingerprint density at radius 1 is 1.50 bits per heavy atom. The number of hydrogen-bond donors (Lipinski definition) is 1. The molecule has 74 valence electrons. The topological polar surface area (TPSA) is 53.1 Å². The summed E-state index contributed by atoms with van der Waals surface area (Å²) in [4.78, 5) is 8.82. The molecule has 0 unspecified atom stereocenters. The highest BCUT2D eigenvalue weighted by molar-refractivity contribution is 5.75. The minimum atomic E-state index is 0.540. The molecule has 14 heavy (non-hydrogen) atoms. The Bertz CT molecular complexity index is 436. The molecule has 0 spiro atoms. The fraction of sp³-hybridized carbons (Fsp3) is 0.300. The summed E-state index contributed by atoms with van der Waals surface area (Å²) in [6.07, 6.45) is 2.64. The molecule has 0 saturated carbocycles. The lowest BCUT2D eigenvalue weighted by molar-refractivity contribution is 0.141. The number of benzene rings is 1. The second-order valence-corrected chi connectivity index (χ2v) is 3.30. The molecule has 4 nitrogen and oxygen atoms in total. The van der Waals surface area contributed by atoms with Crippen molar-refractivity contribution in [3.8, 4) is 0 Å². The van der Waals surface area contributed by atoms with E-state index in [-0.39, 0.29) is 0 Å². The quantitative estimate of drug-likeness (QED) is 0.736. The van der Waals surface area contributed by atoms with Gasteiger partial charge in [-0.2, -0.15) is 0 Å². The van der Waals surface area contributed by atoms with Gasteiger partial charge in [0.1, 0.15) is 0 Å². The number of aromatic nitrogens is 2. The van der Waals surface area contributed by atoms with E-state index in [1.54, 1.807) is 0 Å². The van der Waals surface area contributed by atoms with E-state index in [4.69, 9.17) is 5.90 Å². The fourth-order valence-electron chi connectivity index (χ4n) is 1.51. The lowest BCUT2D eigenvalue weighted by Gasteiger charge is -2.00. The van der Waals surface area contributed by atoms with Crippen molar-refractivity contribution in [2.45, 2.75) is 6.42 Å². The maximum atomic E-state index is 4.97. The molecule has 2 N–H and O–H groups in total. The Kier molecular flexibility index (Phi) is 2.47. The van der Waals surface area contributed by atoms with E-state index >= 15 is 0 Å². The third-order valence-corrected chi connectivity index (χ3v) is 2.30. The fourth-order valence-corrected chi connectivity index (χ4v) is 1.51. The van der Waals surface area contributed by atoms with Gasteiger partial charge in [-0.1, -0.05) is 6.07 Å². The van der Waals surface area contributed by atoms with Crippen molar-refractivity contribution in [2.75, 3.05) is 6.61 Å². The van der Waals surface area contributed by atoms with E-state index in [2.05, 4.69) is 28.0 Å². The van der Waals surface area contributed by atoms with Gasteiger partial charge >= 0.3 is 0 Å². The van der Waals surface area contributed by atoms with Gasteiger partial charge in [0.05, 0.1) is 24.0 Å². The summed E-state index contributed by atoms with van der Waals surface area (Å²) in [5.41, 5.74) is 3.35. The smallest absolute Gasteiger partial charge is 0.0955 e. The van der Waals surface area contributed by atoms with Crippen molar-refractivity contribution >= 4 is 11.0 Å². The van der Waals surface area contributed by atoms with Gasteiger partial charge in [0.15, 0.2) is 0 Å². The summed E-state index contributed by atoms with van der Waals surface area (Å²) in [6, 6.07) is 6.20. The number of aryl methyl sites for hydroxylation is 1. The van der Waals surface area contributed by atoms with E-state index < -0.39 is 0 Å². The highest BCUT2D eigenvalue weighted by atomic mass is 16.6. The molecule has 0 aliphatic carbocycles. The van der Waals surface area contributed by atoms with Gasteiger partial charge in [-0.25, -0.2) is 10.9 Å². The predicted octanol–water partition coefficient (Wildman–Crippen LogP) is 1.01. The molecule has 0 saturated heterocycles. The molecule has 0 bridgehead atoms. The third-order valence-electron chi connectivity index (χ3n) is 2.30. The number of nitrogens with zero attached hydrogens (tertiary/aromatic N) is 2. The van der Waals surface area contributed by atoms with E-state index in [0.717, 1.165) is 17.5 Å². The lowest BCUT2D eigenvalue weighted by Crippen LogP contribution is -2.03. The largest absolute Gasteiger partial charge is 0.334 e. The third kappa shape index (κ3) is 1.62. The highest BCUT2D eigenvalue weighted by Crippen LogP contribution is 2.13. The van der Waals surface area contributed by atoms with E-state index in [9.17, 15) is 0 Å². The molecule has 0 radical (unpaired) electrons. The second kappa shape index (κ2) is 3.77. The number of nitrogens with two attached hydrogens (primary N) is 1. The van der Waals surface area contributed by atoms with E-state index in [0.29, 0.717) is 6.61 Å². The molecule has 0 amide bonds. The molecule has 1 aromatic heterocycles. The first-order valence-electron chi connectivity index (χ1n) is 4.53. The van der Waals surface area contributed by atoms with Crippen LogP contribution in [0.5, 0.6) is 0 Å². The zero-order valence-electron chi connectivity index (χ0n) is 8.10. The summed E-state index contributed by atoms with van der Waals surface area (Å²) in [6.45, 7) is 0.540. The second-order valence-electron chi connectivity index (χ2n) is 3.30. The Morgan fingerprint density at radius 3 is 3.14 bits per heavy atom. The molecule has 0 aliphatic heterocycles. The Labute approximate surface area is 82.3 Å². The van der Waals surface area contributed by atoms with Crippen LogP contribution in [0.25, 0.3) is 11.0 Å². The van der Waals surface area contributed by atoms with Gasteiger partial charge in [0, 0.05) is 7.05 Å². The summed E-state index contributed by atoms with van der Waals surface area (Å²) in [5.74, 6) is 4.97. The summed E-state index contributed by atoms with van der Waals surface area (Å²) < 4.78 is 2.00. The first kappa shape index (κ1) is 9.18. The van der Waals surface area contributed by atoms with Crippen LogP contribution in [-0.2, 0) is 18.3 Å². The Hall–Kier alpha value is -1.39. The van der Waals surface area contributed by atoms with Crippen molar-refractivity contribution in [1.82, 2.24) is 9.55 Å². The van der Waals surface area contributed by atoms with Crippen LogP contribution in [0.4, 0.5) is 0 Å². The van der Waals surface area contributed by atoms with Crippen LogP contribution in [0.1, 0.15) is 5.56 Å². The highest BCUT2D eigenvalue weighted by Gasteiger charge is 2.00. The van der Waals surface area contributed by atoms with Crippen molar-refractivity contribution in [3.63, 3.8) is 0 Å². The zero-order valence-corrected chi connectivity index (χ0v) is 8.10. The number of hydrogen-bond acceptors (Lipinski definition) is 3. The summed E-state index contributed by atoms with van der Waals surface area (Å²) in [5, 5.41) is 0. The van der Waals surface area contributed by atoms with Gasteiger partial charge in [0.25, 0.3) is 0 Å². The standard InChI is InChI=1S/C10H13N3O/c1-13-7-12-9-6-8(4-5-14-11)2-3-10(9)13/h2-3,6-7H,4-5,11H2,1H3. The van der Waals surface area contributed by atoms with Crippen LogP contribution in [0.2, 0.25) is 0 Å². The van der Waals surface area contributed by atoms with Gasteiger partial charge in [-0.05, 0) is 24.1 Å². The molecule has 2 aromatic rings. The van der Waals surface area contributed by atoms with Crippen LogP contribution in [0.3, 0.4) is 0 Å². The minimum absolute atomic E-state index is 0.540. The Balaban J connectivity index is 2.32. The van der Waals surface area contributed by atoms with Crippen LogP contribution in [0.15, 0.2) is 24.5 Å². The van der Waals surface area contributed by atoms with Gasteiger partial charge in [-0.3, -0.25) is 0 Å². The predicted molar refractivity (Wildman–Crippen MR) is 54.6 cm³/mol. The Morgan fingerprint density at radius 2 is 2.36 bits per heavy atom. The number of imidazole rings is 1. The summed E-state index contributed by atoms with van der Waals surface area (Å²) >= 11 is 0. The first-order valence-corrected chi connectivity index (χ1v) is 4.53. The van der Waals surface area contributed by atoms with Crippen LogP contribution >= 0.6 is 0 Å². The van der Waals surface area contributed by atoms with E-state index in [1.807, 2.05) is 17.9 Å². The zero-order chi connectivity index (χ0) is 9.97. The maximum Gasteiger partial charge on any atom is 0.0955 e. The van der Waals surface area contributed by atoms with Crippen LogP contribution in [0, 0.1) is 0 Å². The lowest BCUT2D eigenvalue weighted by atomic mass is 10.1. The van der Waals surface area contributed by atoms with Gasteiger partial charge < -0.3 is 9.40 Å². The number of rotatable bonds is 3. The first-order chi connectivity index (χ1) is 6.81.